The van der Waals surface area contributed by atoms with Crippen LogP contribution in [0.5, 0.6) is 0 Å². The molecular formula is C15H19N3. The zero-order chi connectivity index (χ0) is 12.5. The zero-order valence-electron chi connectivity index (χ0n) is 10.7. The van der Waals surface area contributed by atoms with Gasteiger partial charge in [-0.1, -0.05) is 18.2 Å². The van der Waals surface area contributed by atoms with Gasteiger partial charge in [-0.3, -0.25) is 4.98 Å². The Morgan fingerprint density at radius 1 is 1.33 bits per heavy atom. The Morgan fingerprint density at radius 3 is 3.00 bits per heavy atom. The number of piperidine rings is 1. The summed E-state index contributed by atoms with van der Waals surface area (Å²) in [6.45, 7) is 3.27. The molecule has 2 atom stereocenters. The molecule has 94 valence electrons. The van der Waals surface area contributed by atoms with Gasteiger partial charge in [0.05, 0.1) is 17.4 Å². The fourth-order valence-electron chi connectivity index (χ4n) is 2.81. The van der Waals surface area contributed by atoms with E-state index in [2.05, 4.69) is 41.1 Å². The molecule has 1 aromatic carbocycles. The largest absolute Gasteiger partial charge is 0.367 e. The molecule has 0 bridgehead atoms. The van der Waals surface area contributed by atoms with Crippen LogP contribution < -0.4 is 10.6 Å². The molecule has 2 unspecified atom stereocenters. The number of rotatable bonds is 1. The van der Waals surface area contributed by atoms with E-state index in [1.807, 2.05) is 12.3 Å². The number of hydrogen-bond donors (Lipinski definition) is 1. The monoisotopic (exact) mass is 241 g/mol. The van der Waals surface area contributed by atoms with Gasteiger partial charge < -0.3 is 10.6 Å². The first-order chi connectivity index (χ1) is 8.74. The van der Waals surface area contributed by atoms with Crippen molar-refractivity contribution in [2.75, 3.05) is 11.4 Å². The van der Waals surface area contributed by atoms with Crippen LogP contribution in [0.2, 0.25) is 0 Å². The maximum Gasteiger partial charge on any atom is 0.0703 e. The van der Waals surface area contributed by atoms with E-state index in [4.69, 9.17) is 5.73 Å². The smallest absolute Gasteiger partial charge is 0.0703 e. The van der Waals surface area contributed by atoms with Gasteiger partial charge in [0, 0.05) is 24.0 Å². The van der Waals surface area contributed by atoms with Crippen LogP contribution in [0.1, 0.15) is 19.8 Å². The molecule has 1 fully saturated rings. The van der Waals surface area contributed by atoms with Crippen LogP contribution in [0.15, 0.2) is 36.5 Å². The van der Waals surface area contributed by atoms with Gasteiger partial charge in [0.25, 0.3) is 0 Å². The van der Waals surface area contributed by atoms with Crippen LogP contribution in [-0.4, -0.2) is 23.6 Å². The average Bonchev–Trinajstić information content (AvgIpc) is 2.38. The molecule has 3 heteroatoms. The molecule has 2 N–H and O–H groups in total. The minimum atomic E-state index is 0.352. The minimum Gasteiger partial charge on any atom is -0.367 e. The van der Waals surface area contributed by atoms with Crippen molar-refractivity contribution in [3.05, 3.63) is 36.5 Å². The molecule has 1 saturated heterocycles. The Hall–Kier alpha value is -1.61. The minimum absolute atomic E-state index is 0.352. The SMILES string of the molecule is CC1CC(N)CCN1c1cnc2ccccc2c1. The molecule has 1 aliphatic heterocycles. The topological polar surface area (TPSA) is 42.1 Å². The highest BCUT2D eigenvalue weighted by atomic mass is 15.2. The highest BCUT2D eigenvalue weighted by Gasteiger charge is 2.23. The van der Waals surface area contributed by atoms with Gasteiger partial charge in [-0.05, 0) is 31.9 Å². The number of para-hydroxylation sites is 1. The van der Waals surface area contributed by atoms with Crippen molar-refractivity contribution in [3.63, 3.8) is 0 Å². The van der Waals surface area contributed by atoms with Crippen LogP contribution in [0.3, 0.4) is 0 Å². The zero-order valence-corrected chi connectivity index (χ0v) is 10.7. The molecule has 0 saturated carbocycles. The van der Waals surface area contributed by atoms with Gasteiger partial charge in [-0.25, -0.2) is 0 Å². The summed E-state index contributed by atoms with van der Waals surface area (Å²) < 4.78 is 0. The normalized spacial score (nSPS) is 24.4. The molecule has 3 nitrogen and oxygen atoms in total. The predicted molar refractivity (Wildman–Crippen MR) is 75.8 cm³/mol. The number of pyridine rings is 1. The third-order valence-electron chi connectivity index (χ3n) is 3.82. The molecule has 0 radical (unpaired) electrons. The molecule has 1 aromatic heterocycles. The van der Waals surface area contributed by atoms with Gasteiger partial charge in [-0.2, -0.15) is 0 Å². The average molecular weight is 241 g/mol. The van der Waals surface area contributed by atoms with Gasteiger partial charge >= 0.3 is 0 Å². The highest BCUT2D eigenvalue weighted by Crippen LogP contribution is 2.26. The molecule has 18 heavy (non-hydrogen) atoms. The fraction of sp³-hybridized carbons (Fsp3) is 0.400. The standard InChI is InChI=1S/C15H19N3/c1-11-8-13(16)6-7-18(11)14-9-12-4-2-3-5-15(12)17-10-14/h2-5,9-11,13H,6-8,16H2,1H3. The van der Waals surface area contributed by atoms with E-state index in [9.17, 15) is 0 Å². The van der Waals surface area contributed by atoms with E-state index in [0.29, 0.717) is 12.1 Å². The van der Waals surface area contributed by atoms with E-state index < -0.39 is 0 Å². The van der Waals surface area contributed by atoms with E-state index >= 15 is 0 Å². The van der Waals surface area contributed by atoms with Crippen molar-refractivity contribution >= 4 is 16.6 Å². The van der Waals surface area contributed by atoms with Crippen LogP contribution in [-0.2, 0) is 0 Å². The second kappa shape index (κ2) is 4.58. The van der Waals surface area contributed by atoms with Crippen molar-refractivity contribution in [1.82, 2.24) is 4.98 Å². The van der Waals surface area contributed by atoms with Crippen LogP contribution in [0.25, 0.3) is 10.9 Å². The Bertz CT molecular complexity index is 552. The lowest BCUT2D eigenvalue weighted by Gasteiger charge is -2.38. The fourth-order valence-corrected chi connectivity index (χ4v) is 2.81. The molecule has 0 spiro atoms. The number of nitrogens with zero attached hydrogens (tertiary/aromatic N) is 2. The Morgan fingerprint density at radius 2 is 2.17 bits per heavy atom. The Balaban J connectivity index is 1.94. The summed E-state index contributed by atoms with van der Waals surface area (Å²) in [5, 5.41) is 1.21. The number of benzene rings is 1. The van der Waals surface area contributed by atoms with E-state index in [1.54, 1.807) is 0 Å². The highest BCUT2D eigenvalue weighted by molar-refractivity contribution is 5.81. The van der Waals surface area contributed by atoms with Gasteiger partial charge in [0.1, 0.15) is 0 Å². The molecule has 1 aliphatic rings. The van der Waals surface area contributed by atoms with Crippen LogP contribution in [0, 0.1) is 0 Å². The lowest BCUT2D eigenvalue weighted by Crippen LogP contribution is -2.45. The maximum atomic E-state index is 6.01. The van der Waals surface area contributed by atoms with Gasteiger partial charge in [0.15, 0.2) is 0 Å². The van der Waals surface area contributed by atoms with Crippen molar-refractivity contribution in [3.8, 4) is 0 Å². The van der Waals surface area contributed by atoms with Crippen molar-refractivity contribution in [2.45, 2.75) is 31.8 Å². The first-order valence-electron chi connectivity index (χ1n) is 6.61. The van der Waals surface area contributed by atoms with Crippen LogP contribution >= 0.6 is 0 Å². The Labute approximate surface area is 108 Å². The predicted octanol–water partition coefficient (Wildman–Crippen LogP) is 2.55. The van der Waals surface area contributed by atoms with E-state index in [-0.39, 0.29) is 0 Å². The molecular weight excluding hydrogens is 222 g/mol. The van der Waals surface area contributed by atoms with Gasteiger partial charge in [0.2, 0.25) is 0 Å². The summed E-state index contributed by atoms with van der Waals surface area (Å²) >= 11 is 0. The van der Waals surface area contributed by atoms with Crippen LogP contribution in [0.4, 0.5) is 5.69 Å². The summed E-state index contributed by atoms with van der Waals surface area (Å²) in [7, 11) is 0. The molecule has 2 heterocycles. The second-order valence-corrected chi connectivity index (χ2v) is 5.21. The van der Waals surface area contributed by atoms with Crippen molar-refractivity contribution < 1.29 is 0 Å². The summed E-state index contributed by atoms with van der Waals surface area (Å²) in [6.07, 6.45) is 4.11. The molecule has 2 aromatic rings. The number of anilines is 1. The van der Waals surface area contributed by atoms with E-state index in [0.717, 1.165) is 24.9 Å². The molecule has 3 rings (SSSR count). The number of nitrogens with two attached hydrogens (primary N) is 1. The van der Waals surface area contributed by atoms with Crippen molar-refractivity contribution in [1.29, 1.82) is 0 Å². The summed E-state index contributed by atoms with van der Waals surface area (Å²) in [5.41, 5.74) is 8.29. The first kappa shape index (κ1) is 11.5. The first-order valence-corrected chi connectivity index (χ1v) is 6.61. The van der Waals surface area contributed by atoms with Crippen molar-refractivity contribution in [2.24, 2.45) is 5.73 Å². The lowest BCUT2D eigenvalue weighted by atomic mass is 9.98. The number of hydrogen-bond acceptors (Lipinski definition) is 3. The van der Waals surface area contributed by atoms with Gasteiger partial charge in [-0.15, -0.1) is 0 Å². The summed E-state index contributed by atoms with van der Waals surface area (Å²) in [6, 6.07) is 11.3. The number of fused-ring (bicyclic) bond motifs is 1. The lowest BCUT2D eigenvalue weighted by molar-refractivity contribution is 0.429. The maximum absolute atomic E-state index is 6.01. The summed E-state index contributed by atoms with van der Waals surface area (Å²) in [5.74, 6) is 0. The quantitative estimate of drug-likeness (QED) is 0.834. The second-order valence-electron chi connectivity index (χ2n) is 5.21. The third kappa shape index (κ3) is 2.06. The van der Waals surface area contributed by atoms with E-state index in [1.165, 1.54) is 11.1 Å². The Kier molecular flexibility index (Phi) is 2.92. The summed E-state index contributed by atoms with van der Waals surface area (Å²) in [4.78, 5) is 6.96. The number of aromatic nitrogens is 1. The third-order valence-corrected chi connectivity index (χ3v) is 3.82. The molecule has 0 aliphatic carbocycles. The molecule has 0 amide bonds.